The van der Waals surface area contributed by atoms with Crippen molar-refractivity contribution in [2.24, 2.45) is 0 Å². The minimum atomic E-state index is -0.887. The van der Waals surface area contributed by atoms with Crippen molar-refractivity contribution in [1.29, 1.82) is 0 Å². The highest BCUT2D eigenvalue weighted by molar-refractivity contribution is 14.1. The van der Waals surface area contributed by atoms with Crippen molar-refractivity contribution in [2.45, 2.75) is 32.2 Å². The van der Waals surface area contributed by atoms with Gasteiger partial charge in [-0.05, 0) is 60.2 Å². The van der Waals surface area contributed by atoms with E-state index in [1.54, 1.807) is 6.92 Å². The quantitative estimate of drug-likeness (QED) is 0.813. The van der Waals surface area contributed by atoms with E-state index in [-0.39, 0.29) is 0 Å². The minimum absolute atomic E-state index is 0.605. The van der Waals surface area contributed by atoms with Crippen LogP contribution in [0, 0.1) is 3.57 Å². The van der Waals surface area contributed by atoms with E-state index in [4.69, 9.17) is 0 Å². The second-order valence-electron chi connectivity index (χ2n) is 4.02. The summed E-state index contributed by atoms with van der Waals surface area (Å²) in [5, 5.41) is 12.3. The van der Waals surface area contributed by atoms with Gasteiger partial charge >= 0.3 is 5.97 Å². The zero-order valence-electron chi connectivity index (χ0n) is 9.46. The van der Waals surface area contributed by atoms with Gasteiger partial charge in [-0.15, -0.1) is 0 Å². The average Bonchev–Trinajstić information content (AvgIpc) is 2.22. The smallest absolute Gasteiger partial charge is 0.329 e. The van der Waals surface area contributed by atoms with Crippen LogP contribution in [0.1, 0.15) is 26.7 Å². The Morgan fingerprint density at radius 3 is 2.44 bits per heavy atom. The Balaban J connectivity index is 2.83. The lowest BCUT2D eigenvalue weighted by atomic mass is 9.96. The molecule has 0 heterocycles. The molecule has 0 bridgehead atoms. The largest absolute Gasteiger partial charge is 0.480 e. The van der Waals surface area contributed by atoms with E-state index >= 15 is 0 Å². The molecule has 2 N–H and O–H groups in total. The summed E-state index contributed by atoms with van der Waals surface area (Å²) < 4.78 is 1.13. The molecule has 0 radical (unpaired) electrons. The molecule has 0 saturated heterocycles. The number of anilines is 1. The van der Waals surface area contributed by atoms with Crippen molar-refractivity contribution in [3.05, 3.63) is 27.8 Å². The predicted octanol–water partition coefficient (Wildman–Crippen LogP) is 3.35. The summed E-state index contributed by atoms with van der Waals surface area (Å²) in [6.07, 6.45) is 1.44. The van der Waals surface area contributed by atoms with Crippen LogP contribution in [0.2, 0.25) is 0 Å². The number of hydrogen-bond acceptors (Lipinski definition) is 2. The number of carboxylic acid groups (broad SMARTS) is 1. The number of hydrogen-bond donors (Lipinski definition) is 2. The monoisotopic (exact) mass is 333 g/mol. The Labute approximate surface area is 109 Å². The van der Waals surface area contributed by atoms with Gasteiger partial charge in [-0.1, -0.05) is 13.3 Å². The first-order valence-electron chi connectivity index (χ1n) is 5.25. The number of aliphatic carboxylic acids is 1. The number of carboxylic acids is 1. The second-order valence-corrected chi connectivity index (χ2v) is 5.26. The van der Waals surface area contributed by atoms with Crippen LogP contribution >= 0.6 is 22.6 Å². The van der Waals surface area contributed by atoms with E-state index in [1.807, 2.05) is 31.2 Å². The maximum atomic E-state index is 11.2. The molecular weight excluding hydrogens is 317 g/mol. The molecule has 0 aliphatic carbocycles. The molecular formula is C12H16INO2. The number of carbonyl (C=O) groups is 1. The summed E-state index contributed by atoms with van der Waals surface area (Å²) in [6.45, 7) is 3.70. The van der Waals surface area contributed by atoms with Gasteiger partial charge in [0.1, 0.15) is 5.54 Å². The lowest BCUT2D eigenvalue weighted by Gasteiger charge is -2.27. The van der Waals surface area contributed by atoms with Crippen LogP contribution in [0.25, 0.3) is 0 Å². The minimum Gasteiger partial charge on any atom is -0.480 e. The molecule has 0 aliphatic heterocycles. The van der Waals surface area contributed by atoms with Gasteiger partial charge < -0.3 is 10.4 Å². The zero-order chi connectivity index (χ0) is 12.2. The van der Waals surface area contributed by atoms with Crippen LogP contribution in [0.5, 0.6) is 0 Å². The summed E-state index contributed by atoms with van der Waals surface area (Å²) in [6, 6.07) is 7.71. The first-order chi connectivity index (χ1) is 7.48. The van der Waals surface area contributed by atoms with Gasteiger partial charge in [-0.25, -0.2) is 4.79 Å². The fraction of sp³-hybridized carbons (Fsp3) is 0.417. The lowest BCUT2D eigenvalue weighted by molar-refractivity contribution is -0.141. The van der Waals surface area contributed by atoms with Gasteiger partial charge in [-0.3, -0.25) is 0 Å². The predicted molar refractivity (Wildman–Crippen MR) is 73.7 cm³/mol. The molecule has 0 aromatic heterocycles. The van der Waals surface area contributed by atoms with Crippen molar-refractivity contribution >= 4 is 34.2 Å². The number of halogens is 1. The van der Waals surface area contributed by atoms with Gasteiger partial charge in [0.05, 0.1) is 0 Å². The summed E-state index contributed by atoms with van der Waals surface area (Å²) >= 11 is 2.22. The van der Waals surface area contributed by atoms with Crippen LogP contribution in [-0.4, -0.2) is 16.6 Å². The highest BCUT2D eigenvalue weighted by atomic mass is 127. The third-order valence-electron chi connectivity index (χ3n) is 2.49. The normalized spacial score (nSPS) is 14.2. The third-order valence-corrected chi connectivity index (χ3v) is 3.21. The maximum Gasteiger partial charge on any atom is 0.329 e. The van der Waals surface area contributed by atoms with Crippen LogP contribution < -0.4 is 5.32 Å². The molecule has 1 aromatic rings. The highest BCUT2D eigenvalue weighted by Crippen LogP contribution is 2.21. The maximum absolute atomic E-state index is 11.2. The van der Waals surface area contributed by atoms with E-state index in [0.717, 1.165) is 15.7 Å². The van der Waals surface area contributed by atoms with Gasteiger partial charge in [0.25, 0.3) is 0 Å². The molecule has 0 aliphatic rings. The van der Waals surface area contributed by atoms with Crippen molar-refractivity contribution in [2.75, 3.05) is 5.32 Å². The van der Waals surface area contributed by atoms with E-state index < -0.39 is 11.5 Å². The Morgan fingerprint density at radius 2 is 2.00 bits per heavy atom. The topological polar surface area (TPSA) is 49.3 Å². The van der Waals surface area contributed by atoms with Gasteiger partial charge in [0.15, 0.2) is 0 Å². The fourth-order valence-electron chi connectivity index (χ4n) is 1.57. The molecule has 1 atom stereocenters. The van der Waals surface area contributed by atoms with E-state index in [0.29, 0.717) is 6.42 Å². The van der Waals surface area contributed by atoms with E-state index in [9.17, 15) is 9.90 Å². The molecule has 0 spiro atoms. The SMILES string of the molecule is CCCC(C)(Nc1ccc(I)cc1)C(=O)O. The molecule has 88 valence electrons. The van der Waals surface area contributed by atoms with Crippen molar-refractivity contribution in [3.8, 4) is 0 Å². The Kier molecular flexibility index (Phi) is 4.58. The summed E-state index contributed by atoms with van der Waals surface area (Å²) in [5.74, 6) is -0.812. The highest BCUT2D eigenvalue weighted by Gasteiger charge is 2.31. The molecule has 3 nitrogen and oxygen atoms in total. The van der Waals surface area contributed by atoms with Crippen molar-refractivity contribution in [3.63, 3.8) is 0 Å². The van der Waals surface area contributed by atoms with Gasteiger partial charge in [0, 0.05) is 9.26 Å². The Hall–Kier alpha value is -0.780. The average molecular weight is 333 g/mol. The van der Waals surface area contributed by atoms with Crippen LogP contribution in [0.15, 0.2) is 24.3 Å². The van der Waals surface area contributed by atoms with Gasteiger partial charge in [0.2, 0.25) is 0 Å². The first-order valence-corrected chi connectivity index (χ1v) is 6.33. The molecule has 1 unspecified atom stereocenters. The molecule has 1 rings (SSSR count). The van der Waals surface area contributed by atoms with Crippen LogP contribution in [-0.2, 0) is 4.79 Å². The fourth-order valence-corrected chi connectivity index (χ4v) is 1.93. The van der Waals surface area contributed by atoms with Gasteiger partial charge in [-0.2, -0.15) is 0 Å². The Bertz CT molecular complexity index is 364. The number of nitrogens with one attached hydrogen (secondary N) is 1. The summed E-state index contributed by atoms with van der Waals surface area (Å²) in [7, 11) is 0. The molecule has 0 saturated carbocycles. The number of benzene rings is 1. The summed E-state index contributed by atoms with van der Waals surface area (Å²) in [5.41, 5.74) is -0.0413. The lowest BCUT2D eigenvalue weighted by Crippen LogP contribution is -2.43. The van der Waals surface area contributed by atoms with Crippen molar-refractivity contribution in [1.82, 2.24) is 0 Å². The molecule has 1 aromatic carbocycles. The molecule has 0 amide bonds. The van der Waals surface area contributed by atoms with Crippen molar-refractivity contribution < 1.29 is 9.90 Å². The van der Waals surface area contributed by atoms with E-state index in [1.165, 1.54) is 0 Å². The van der Waals surface area contributed by atoms with E-state index in [2.05, 4.69) is 27.9 Å². The summed E-state index contributed by atoms with van der Waals surface area (Å²) in [4.78, 5) is 11.2. The standard InChI is InChI=1S/C12H16INO2/c1-3-8-12(2,11(15)16)14-10-6-4-9(13)5-7-10/h4-7,14H,3,8H2,1-2H3,(H,15,16). The van der Waals surface area contributed by atoms with Crippen LogP contribution in [0.4, 0.5) is 5.69 Å². The zero-order valence-corrected chi connectivity index (χ0v) is 11.6. The molecule has 16 heavy (non-hydrogen) atoms. The van der Waals surface area contributed by atoms with Crippen LogP contribution in [0.3, 0.4) is 0 Å². The third kappa shape index (κ3) is 3.37. The number of rotatable bonds is 5. The molecule has 4 heteroatoms. The Morgan fingerprint density at radius 1 is 1.44 bits per heavy atom. The second kappa shape index (κ2) is 5.52. The first kappa shape index (κ1) is 13.3. The molecule has 0 fully saturated rings.